The predicted molar refractivity (Wildman–Crippen MR) is 109 cm³/mol. The molecule has 26 heavy (non-hydrogen) atoms. The second kappa shape index (κ2) is 13.3. The summed E-state index contributed by atoms with van der Waals surface area (Å²) in [5.41, 5.74) is -0.119. The molecule has 0 aliphatic heterocycles. The monoisotopic (exact) mass is 358 g/mol. The minimum Gasteiger partial charge on any atom is -0.464 e. The zero-order chi connectivity index (χ0) is 19.1. The van der Waals surface area contributed by atoms with Crippen LogP contribution in [0.15, 0.2) is 60.8 Å². The molecule has 0 saturated carbocycles. The van der Waals surface area contributed by atoms with Gasteiger partial charge in [0.1, 0.15) is 0 Å². The summed E-state index contributed by atoms with van der Waals surface area (Å²) in [5, 5.41) is 0. The minimum absolute atomic E-state index is 0.119. The number of carbonyl (C=O) groups is 1. The molecule has 1 aliphatic carbocycles. The van der Waals surface area contributed by atoms with Gasteiger partial charge in [-0.05, 0) is 52.9 Å². The third-order valence-electron chi connectivity index (χ3n) is 4.09. The molecule has 3 heteroatoms. The summed E-state index contributed by atoms with van der Waals surface area (Å²) in [7, 11) is 0. The maximum Gasteiger partial charge on any atom is 0.335 e. The highest BCUT2D eigenvalue weighted by molar-refractivity contribution is 5.74. The van der Waals surface area contributed by atoms with Crippen molar-refractivity contribution in [3.63, 3.8) is 0 Å². The second-order valence-electron chi connectivity index (χ2n) is 6.50. The number of allylic oxidation sites excluding steroid dienone is 10. The van der Waals surface area contributed by atoms with Crippen LogP contribution in [0.1, 0.15) is 52.9 Å². The Hall–Kier alpha value is -1.87. The molecule has 0 amide bonds. The lowest BCUT2D eigenvalue weighted by atomic mass is 9.88. The first kappa shape index (κ1) is 22.2. The molecular formula is C23H34O3. The number of rotatable bonds is 8. The van der Waals surface area contributed by atoms with E-state index in [0.29, 0.717) is 19.6 Å². The van der Waals surface area contributed by atoms with Crippen LogP contribution in [-0.4, -0.2) is 25.3 Å². The van der Waals surface area contributed by atoms with Crippen molar-refractivity contribution in [2.24, 2.45) is 5.41 Å². The van der Waals surface area contributed by atoms with Gasteiger partial charge in [-0.2, -0.15) is 0 Å². The molecule has 1 aliphatic rings. The number of hydrogen-bond donors (Lipinski definition) is 0. The maximum absolute atomic E-state index is 11.9. The van der Waals surface area contributed by atoms with E-state index in [-0.39, 0.29) is 11.4 Å². The van der Waals surface area contributed by atoms with Crippen LogP contribution in [0.2, 0.25) is 0 Å². The summed E-state index contributed by atoms with van der Waals surface area (Å²) >= 11 is 0. The SMILES string of the molecule is CCOC(=O)C(CC/C=C\C1(C)C=CC/C=C\C/C=C\C/C=C\1)OCC. The molecule has 144 valence electrons. The molecule has 0 N–H and O–H groups in total. The van der Waals surface area contributed by atoms with Gasteiger partial charge in [-0.1, -0.05) is 60.8 Å². The molecule has 0 spiro atoms. The van der Waals surface area contributed by atoms with Gasteiger partial charge in [0.2, 0.25) is 0 Å². The van der Waals surface area contributed by atoms with Crippen LogP contribution in [0.3, 0.4) is 0 Å². The van der Waals surface area contributed by atoms with Crippen LogP contribution in [0.25, 0.3) is 0 Å². The minimum atomic E-state index is -0.477. The molecule has 2 atom stereocenters. The third kappa shape index (κ3) is 9.57. The smallest absolute Gasteiger partial charge is 0.335 e. The van der Waals surface area contributed by atoms with Gasteiger partial charge >= 0.3 is 5.97 Å². The highest BCUT2D eigenvalue weighted by Gasteiger charge is 2.19. The number of esters is 1. The summed E-state index contributed by atoms with van der Waals surface area (Å²) in [6.07, 6.45) is 25.8. The standard InChI is InChI=1S/C23H34O3/c1-4-25-21(22(24)26-5-2)17-13-16-20-23(3)18-14-11-9-7-6-8-10-12-15-19-23/h7-10,14-16,18-21H,4-6,11-13,17H2,1-3H3/b9-7-,10-8-,18-14-,19-15?,20-16-. The summed E-state index contributed by atoms with van der Waals surface area (Å²) < 4.78 is 10.6. The van der Waals surface area contributed by atoms with Gasteiger partial charge in [-0.25, -0.2) is 4.79 Å². The lowest BCUT2D eigenvalue weighted by molar-refractivity contribution is -0.156. The van der Waals surface area contributed by atoms with E-state index in [0.717, 1.165) is 25.7 Å². The molecule has 0 fully saturated rings. The molecule has 0 saturated heterocycles. The largest absolute Gasteiger partial charge is 0.464 e. The van der Waals surface area contributed by atoms with Gasteiger partial charge in [0.05, 0.1) is 6.61 Å². The zero-order valence-corrected chi connectivity index (χ0v) is 16.5. The molecule has 0 heterocycles. The first-order valence-electron chi connectivity index (χ1n) is 9.72. The first-order valence-corrected chi connectivity index (χ1v) is 9.72. The van der Waals surface area contributed by atoms with Gasteiger partial charge in [0.25, 0.3) is 0 Å². The Morgan fingerprint density at radius 2 is 1.58 bits per heavy atom. The number of carbonyl (C=O) groups excluding carboxylic acids is 1. The van der Waals surface area contributed by atoms with E-state index in [9.17, 15) is 4.79 Å². The van der Waals surface area contributed by atoms with Gasteiger partial charge < -0.3 is 9.47 Å². The van der Waals surface area contributed by atoms with Gasteiger partial charge in [-0.15, -0.1) is 0 Å². The Bertz CT molecular complexity index is 514. The normalized spacial score (nSPS) is 25.8. The first-order chi connectivity index (χ1) is 12.6. The van der Waals surface area contributed by atoms with E-state index in [2.05, 4.69) is 67.7 Å². The fraction of sp³-hybridized carbons (Fsp3) is 0.522. The number of hydrogen-bond acceptors (Lipinski definition) is 3. The molecule has 0 bridgehead atoms. The van der Waals surface area contributed by atoms with Crippen LogP contribution in [0.4, 0.5) is 0 Å². The average Bonchev–Trinajstić information content (AvgIpc) is 2.61. The maximum atomic E-state index is 11.9. The Morgan fingerprint density at radius 3 is 2.12 bits per heavy atom. The summed E-state index contributed by atoms with van der Waals surface area (Å²) in [6.45, 7) is 6.80. The Labute approximate surface area is 159 Å². The van der Waals surface area contributed by atoms with Crippen molar-refractivity contribution < 1.29 is 14.3 Å². The van der Waals surface area contributed by atoms with Crippen LogP contribution < -0.4 is 0 Å². The molecule has 0 aromatic heterocycles. The van der Waals surface area contributed by atoms with Gasteiger partial charge in [0, 0.05) is 12.0 Å². The highest BCUT2D eigenvalue weighted by Crippen LogP contribution is 2.24. The van der Waals surface area contributed by atoms with Crippen LogP contribution in [0, 0.1) is 5.41 Å². The van der Waals surface area contributed by atoms with Crippen LogP contribution >= 0.6 is 0 Å². The molecule has 0 aromatic carbocycles. The van der Waals surface area contributed by atoms with Crippen molar-refractivity contribution in [3.8, 4) is 0 Å². The van der Waals surface area contributed by atoms with E-state index in [1.165, 1.54) is 0 Å². The lowest BCUT2D eigenvalue weighted by Crippen LogP contribution is -2.26. The van der Waals surface area contributed by atoms with Gasteiger partial charge in [0.15, 0.2) is 6.10 Å². The van der Waals surface area contributed by atoms with Crippen molar-refractivity contribution in [1.82, 2.24) is 0 Å². The van der Waals surface area contributed by atoms with Crippen LogP contribution in [0.5, 0.6) is 0 Å². The summed E-state index contributed by atoms with van der Waals surface area (Å²) in [6, 6.07) is 0. The Morgan fingerprint density at radius 1 is 1.00 bits per heavy atom. The fourth-order valence-corrected chi connectivity index (χ4v) is 2.72. The van der Waals surface area contributed by atoms with Gasteiger partial charge in [-0.3, -0.25) is 0 Å². The second-order valence-corrected chi connectivity index (χ2v) is 6.50. The predicted octanol–water partition coefficient (Wildman–Crippen LogP) is 5.71. The molecule has 0 aromatic rings. The van der Waals surface area contributed by atoms with E-state index in [4.69, 9.17) is 9.47 Å². The quantitative estimate of drug-likeness (QED) is 0.412. The highest BCUT2D eigenvalue weighted by atomic mass is 16.6. The van der Waals surface area contributed by atoms with E-state index >= 15 is 0 Å². The molecule has 0 radical (unpaired) electrons. The van der Waals surface area contributed by atoms with Crippen molar-refractivity contribution in [2.45, 2.75) is 59.0 Å². The Balaban J connectivity index is 2.67. The molecule has 3 nitrogen and oxygen atoms in total. The van der Waals surface area contributed by atoms with E-state index < -0.39 is 6.10 Å². The Kier molecular flexibility index (Phi) is 11.4. The topological polar surface area (TPSA) is 35.5 Å². The van der Waals surface area contributed by atoms with Crippen molar-refractivity contribution >= 4 is 5.97 Å². The molecular weight excluding hydrogens is 324 g/mol. The zero-order valence-electron chi connectivity index (χ0n) is 16.5. The fourth-order valence-electron chi connectivity index (χ4n) is 2.72. The van der Waals surface area contributed by atoms with E-state index in [1.807, 2.05) is 13.8 Å². The third-order valence-corrected chi connectivity index (χ3v) is 4.09. The van der Waals surface area contributed by atoms with Crippen LogP contribution in [-0.2, 0) is 14.3 Å². The van der Waals surface area contributed by atoms with E-state index in [1.54, 1.807) is 0 Å². The number of ether oxygens (including phenoxy) is 2. The average molecular weight is 359 g/mol. The van der Waals surface area contributed by atoms with Crippen molar-refractivity contribution in [2.75, 3.05) is 13.2 Å². The van der Waals surface area contributed by atoms with Crippen molar-refractivity contribution in [3.05, 3.63) is 60.8 Å². The van der Waals surface area contributed by atoms with Crippen molar-refractivity contribution in [1.29, 1.82) is 0 Å². The summed E-state index contributed by atoms with van der Waals surface area (Å²) in [5.74, 6) is -0.265. The summed E-state index contributed by atoms with van der Waals surface area (Å²) in [4.78, 5) is 11.9. The molecule has 2 unspecified atom stereocenters. The lowest BCUT2D eigenvalue weighted by Gasteiger charge is -2.18. The molecule has 1 rings (SSSR count).